The predicted octanol–water partition coefficient (Wildman–Crippen LogP) is 3.85. The van der Waals surface area contributed by atoms with Gasteiger partial charge in [-0.2, -0.15) is 0 Å². The molecule has 0 aliphatic heterocycles. The number of ether oxygens (including phenoxy) is 1. The number of rotatable bonds is 7. The molecule has 0 spiro atoms. The molecule has 0 bridgehead atoms. The first-order chi connectivity index (χ1) is 9.34. The van der Waals surface area contributed by atoms with E-state index in [0.29, 0.717) is 0 Å². The van der Waals surface area contributed by atoms with Crippen molar-refractivity contribution in [1.29, 1.82) is 0 Å². The minimum absolute atomic E-state index is 0.739. The van der Waals surface area contributed by atoms with Crippen LogP contribution in [0, 0.1) is 6.92 Å². The van der Waals surface area contributed by atoms with Crippen LogP contribution in [0.5, 0.6) is 5.75 Å². The van der Waals surface area contributed by atoms with E-state index in [1.54, 1.807) is 5.57 Å². The Morgan fingerprint density at radius 1 is 1.21 bits per heavy atom. The minimum Gasteiger partial charge on any atom is -0.492 e. The summed E-state index contributed by atoms with van der Waals surface area (Å²) in [6.45, 7) is 4.82. The second kappa shape index (κ2) is 8.00. The van der Waals surface area contributed by atoms with Gasteiger partial charge >= 0.3 is 0 Å². The van der Waals surface area contributed by atoms with Crippen LogP contribution in [0.2, 0.25) is 0 Å². The van der Waals surface area contributed by atoms with Gasteiger partial charge < -0.3 is 10.1 Å². The standard InChI is InChI=1S/C17H25NO/c1-15-6-5-9-17(14-15)19-13-12-18-11-10-16-7-3-2-4-8-16/h5-7,9,14,18H,2-4,8,10-13H2,1H3. The fourth-order valence-corrected chi connectivity index (χ4v) is 2.45. The van der Waals surface area contributed by atoms with Crippen molar-refractivity contribution in [3.05, 3.63) is 41.5 Å². The van der Waals surface area contributed by atoms with Gasteiger partial charge in [-0.1, -0.05) is 23.8 Å². The number of allylic oxidation sites excluding steroid dienone is 1. The van der Waals surface area contributed by atoms with Crippen molar-refractivity contribution in [2.75, 3.05) is 19.7 Å². The molecular formula is C17H25NO. The number of hydrogen-bond donors (Lipinski definition) is 1. The lowest BCUT2D eigenvalue weighted by Gasteiger charge is -2.13. The van der Waals surface area contributed by atoms with Crippen molar-refractivity contribution < 1.29 is 4.74 Å². The highest BCUT2D eigenvalue weighted by Crippen LogP contribution is 2.19. The van der Waals surface area contributed by atoms with E-state index >= 15 is 0 Å². The van der Waals surface area contributed by atoms with Gasteiger partial charge in [0.25, 0.3) is 0 Å². The normalized spacial score (nSPS) is 15.1. The third-order valence-corrected chi connectivity index (χ3v) is 3.55. The van der Waals surface area contributed by atoms with Crippen molar-refractivity contribution >= 4 is 0 Å². The first kappa shape index (κ1) is 14.1. The van der Waals surface area contributed by atoms with Crippen LogP contribution in [-0.2, 0) is 0 Å². The summed E-state index contributed by atoms with van der Waals surface area (Å²) in [4.78, 5) is 0. The highest BCUT2D eigenvalue weighted by Gasteiger charge is 2.02. The molecule has 0 atom stereocenters. The Morgan fingerprint density at radius 3 is 2.95 bits per heavy atom. The molecule has 104 valence electrons. The molecular weight excluding hydrogens is 234 g/mol. The van der Waals surface area contributed by atoms with E-state index in [-0.39, 0.29) is 0 Å². The summed E-state index contributed by atoms with van der Waals surface area (Å²) in [7, 11) is 0. The lowest BCUT2D eigenvalue weighted by atomic mass is 9.97. The summed E-state index contributed by atoms with van der Waals surface area (Å²) >= 11 is 0. The summed E-state index contributed by atoms with van der Waals surface area (Å²) in [6.07, 6.45) is 8.97. The lowest BCUT2D eigenvalue weighted by molar-refractivity contribution is 0.314. The summed E-state index contributed by atoms with van der Waals surface area (Å²) in [6, 6.07) is 8.21. The fourth-order valence-electron chi connectivity index (χ4n) is 2.45. The minimum atomic E-state index is 0.739. The number of nitrogens with one attached hydrogen (secondary N) is 1. The zero-order valence-electron chi connectivity index (χ0n) is 12.0. The van der Waals surface area contributed by atoms with E-state index in [1.165, 1.54) is 37.7 Å². The van der Waals surface area contributed by atoms with E-state index in [9.17, 15) is 0 Å². The number of hydrogen-bond acceptors (Lipinski definition) is 2. The second-order valence-corrected chi connectivity index (χ2v) is 5.27. The van der Waals surface area contributed by atoms with Crippen LogP contribution >= 0.6 is 0 Å². The van der Waals surface area contributed by atoms with Gasteiger partial charge in [-0.25, -0.2) is 0 Å². The molecule has 19 heavy (non-hydrogen) atoms. The Kier molecular flexibility index (Phi) is 5.96. The van der Waals surface area contributed by atoms with Gasteiger partial charge in [-0.3, -0.25) is 0 Å². The molecule has 2 rings (SSSR count). The zero-order chi connectivity index (χ0) is 13.3. The molecule has 0 aromatic heterocycles. The Labute approximate surface area is 116 Å². The van der Waals surface area contributed by atoms with E-state index in [2.05, 4.69) is 30.4 Å². The number of aryl methyl sites for hydroxylation is 1. The molecule has 0 amide bonds. The first-order valence-corrected chi connectivity index (χ1v) is 7.43. The largest absolute Gasteiger partial charge is 0.492 e. The molecule has 1 aliphatic carbocycles. The summed E-state index contributed by atoms with van der Waals surface area (Å²) in [5.41, 5.74) is 2.88. The molecule has 0 radical (unpaired) electrons. The Hall–Kier alpha value is -1.28. The summed E-state index contributed by atoms with van der Waals surface area (Å²) < 4.78 is 5.70. The van der Waals surface area contributed by atoms with Crippen LogP contribution in [0.25, 0.3) is 0 Å². The quantitative estimate of drug-likeness (QED) is 0.593. The van der Waals surface area contributed by atoms with Crippen LogP contribution in [0.1, 0.15) is 37.7 Å². The molecule has 0 saturated carbocycles. The Bertz CT molecular complexity index is 411. The maximum atomic E-state index is 5.70. The van der Waals surface area contributed by atoms with Gasteiger partial charge in [0, 0.05) is 6.54 Å². The van der Waals surface area contributed by atoms with Crippen molar-refractivity contribution in [3.8, 4) is 5.75 Å². The maximum absolute atomic E-state index is 5.70. The van der Waals surface area contributed by atoms with Crippen LogP contribution < -0.4 is 10.1 Å². The summed E-state index contributed by atoms with van der Waals surface area (Å²) in [5, 5.41) is 3.45. The van der Waals surface area contributed by atoms with E-state index < -0.39 is 0 Å². The van der Waals surface area contributed by atoms with Gasteiger partial charge in [0.05, 0.1) is 0 Å². The first-order valence-electron chi connectivity index (χ1n) is 7.43. The van der Waals surface area contributed by atoms with Gasteiger partial charge in [0.15, 0.2) is 0 Å². The monoisotopic (exact) mass is 259 g/mol. The summed E-state index contributed by atoms with van der Waals surface area (Å²) in [5.74, 6) is 0.969. The molecule has 2 nitrogen and oxygen atoms in total. The molecule has 0 heterocycles. The van der Waals surface area contributed by atoms with E-state index in [4.69, 9.17) is 4.74 Å². The van der Waals surface area contributed by atoms with Crippen LogP contribution in [0.15, 0.2) is 35.9 Å². The van der Waals surface area contributed by atoms with E-state index in [1.807, 2.05) is 12.1 Å². The fraction of sp³-hybridized carbons (Fsp3) is 0.529. The highest BCUT2D eigenvalue weighted by atomic mass is 16.5. The lowest BCUT2D eigenvalue weighted by Crippen LogP contribution is -2.22. The van der Waals surface area contributed by atoms with Gasteiger partial charge in [-0.05, 0) is 63.3 Å². The molecule has 0 fully saturated rings. The average Bonchev–Trinajstić information content (AvgIpc) is 2.44. The molecule has 1 aromatic carbocycles. The topological polar surface area (TPSA) is 21.3 Å². The van der Waals surface area contributed by atoms with E-state index in [0.717, 1.165) is 25.4 Å². The van der Waals surface area contributed by atoms with Crippen molar-refractivity contribution in [2.24, 2.45) is 0 Å². The zero-order valence-corrected chi connectivity index (χ0v) is 12.0. The molecule has 1 aromatic rings. The second-order valence-electron chi connectivity index (χ2n) is 5.27. The Balaban J connectivity index is 1.53. The predicted molar refractivity (Wildman–Crippen MR) is 80.7 cm³/mol. The maximum Gasteiger partial charge on any atom is 0.119 e. The molecule has 0 saturated heterocycles. The third kappa shape index (κ3) is 5.48. The van der Waals surface area contributed by atoms with Gasteiger partial charge in [-0.15, -0.1) is 0 Å². The van der Waals surface area contributed by atoms with Gasteiger partial charge in [0.1, 0.15) is 12.4 Å². The SMILES string of the molecule is Cc1cccc(OCCNCCC2=CCCCC2)c1. The average molecular weight is 259 g/mol. The Morgan fingerprint density at radius 2 is 2.16 bits per heavy atom. The van der Waals surface area contributed by atoms with Crippen LogP contribution in [-0.4, -0.2) is 19.7 Å². The molecule has 1 N–H and O–H groups in total. The molecule has 1 aliphatic rings. The number of benzene rings is 1. The van der Waals surface area contributed by atoms with Crippen molar-refractivity contribution in [3.63, 3.8) is 0 Å². The van der Waals surface area contributed by atoms with Crippen molar-refractivity contribution in [1.82, 2.24) is 5.32 Å². The smallest absolute Gasteiger partial charge is 0.119 e. The molecule has 2 heteroatoms. The van der Waals surface area contributed by atoms with Crippen LogP contribution in [0.4, 0.5) is 0 Å². The van der Waals surface area contributed by atoms with Crippen LogP contribution in [0.3, 0.4) is 0 Å². The van der Waals surface area contributed by atoms with Gasteiger partial charge in [0.2, 0.25) is 0 Å². The molecule has 0 unspecified atom stereocenters. The van der Waals surface area contributed by atoms with Crippen molar-refractivity contribution in [2.45, 2.75) is 39.0 Å². The third-order valence-electron chi connectivity index (χ3n) is 3.55. The highest BCUT2D eigenvalue weighted by molar-refractivity contribution is 5.27.